The number of carboxylic acids is 1. The predicted octanol–water partition coefficient (Wildman–Crippen LogP) is 2.76. The third kappa shape index (κ3) is 3.09. The standard InChI is InChI=1S/C13H15ClO4S/c14-10-3-7-12(8-4-10)19(17,18)11-5-1-9(2-6-11)13(15)16/h3-4,7-9,11H,1-2,5-6H2,(H,15,16). The first-order valence-electron chi connectivity index (χ1n) is 6.13. The van der Waals surface area contributed by atoms with Crippen LogP contribution in [0.2, 0.25) is 5.02 Å². The summed E-state index contributed by atoms with van der Waals surface area (Å²) in [6.45, 7) is 0. The lowest BCUT2D eigenvalue weighted by Crippen LogP contribution is -2.30. The third-order valence-corrected chi connectivity index (χ3v) is 6.13. The van der Waals surface area contributed by atoms with Gasteiger partial charge in [0.15, 0.2) is 9.84 Å². The molecule has 0 radical (unpaired) electrons. The molecular weight excluding hydrogens is 288 g/mol. The fourth-order valence-corrected chi connectivity index (χ4v) is 4.36. The van der Waals surface area contributed by atoms with Gasteiger partial charge in [-0.15, -0.1) is 0 Å². The monoisotopic (exact) mass is 302 g/mol. The molecule has 1 aliphatic rings. The SMILES string of the molecule is O=C(O)C1CCC(S(=O)(=O)c2ccc(Cl)cc2)CC1. The Morgan fingerprint density at radius 3 is 2.11 bits per heavy atom. The minimum Gasteiger partial charge on any atom is -0.481 e. The van der Waals surface area contributed by atoms with E-state index in [4.69, 9.17) is 16.7 Å². The van der Waals surface area contributed by atoms with Gasteiger partial charge in [-0.1, -0.05) is 11.6 Å². The summed E-state index contributed by atoms with van der Waals surface area (Å²) in [5, 5.41) is 8.92. The molecule has 0 atom stereocenters. The van der Waals surface area contributed by atoms with Crippen LogP contribution in [0.1, 0.15) is 25.7 Å². The number of aliphatic carboxylic acids is 1. The van der Waals surface area contributed by atoms with E-state index >= 15 is 0 Å². The zero-order chi connectivity index (χ0) is 14.0. The van der Waals surface area contributed by atoms with E-state index in [-0.39, 0.29) is 4.90 Å². The van der Waals surface area contributed by atoms with Crippen molar-refractivity contribution in [3.63, 3.8) is 0 Å². The van der Waals surface area contributed by atoms with Crippen molar-refractivity contribution in [1.82, 2.24) is 0 Å². The molecule has 1 saturated carbocycles. The van der Waals surface area contributed by atoms with Gasteiger partial charge in [0, 0.05) is 5.02 Å². The molecule has 0 unspecified atom stereocenters. The van der Waals surface area contributed by atoms with Crippen molar-refractivity contribution < 1.29 is 18.3 Å². The number of benzene rings is 1. The number of hydrogen-bond donors (Lipinski definition) is 1. The molecule has 6 heteroatoms. The van der Waals surface area contributed by atoms with E-state index in [1.165, 1.54) is 12.1 Å². The van der Waals surface area contributed by atoms with E-state index in [9.17, 15) is 13.2 Å². The Bertz CT molecular complexity index is 557. The molecule has 0 aromatic heterocycles. The molecule has 1 aromatic carbocycles. The van der Waals surface area contributed by atoms with Gasteiger partial charge >= 0.3 is 5.97 Å². The minimum atomic E-state index is -3.38. The van der Waals surface area contributed by atoms with Crippen LogP contribution in [0.5, 0.6) is 0 Å². The van der Waals surface area contributed by atoms with Crippen LogP contribution >= 0.6 is 11.6 Å². The number of halogens is 1. The zero-order valence-electron chi connectivity index (χ0n) is 10.3. The predicted molar refractivity (Wildman–Crippen MR) is 72.0 cm³/mol. The Morgan fingerprint density at radius 2 is 1.63 bits per heavy atom. The van der Waals surface area contributed by atoms with Crippen LogP contribution in [-0.4, -0.2) is 24.7 Å². The maximum absolute atomic E-state index is 12.4. The van der Waals surface area contributed by atoms with Crippen LogP contribution in [0.25, 0.3) is 0 Å². The highest BCUT2D eigenvalue weighted by Crippen LogP contribution is 2.32. The first-order chi connectivity index (χ1) is 8.91. The van der Waals surface area contributed by atoms with Gasteiger partial charge in [0.05, 0.1) is 16.1 Å². The summed E-state index contributed by atoms with van der Waals surface area (Å²) in [4.78, 5) is 11.1. The molecule has 0 amide bonds. The summed E-state index contributed by atoms with van der Waals surface area (Å²) in [5.74, 6) is -1.24. The molecule has 19 heavy (non-hydrogen) atoms. The molecular formula is C13H15ClO4S. The van der Waals surface area contributed by atoms with Crippen molar-refractivity contribution in [2.24, 2.45) is 5.92 Å². The molecule has 2 rings (SSSR count). The second-order valence-corrected chi connectivity index (χ2v) is 7.48. The van der Waals surface area contributed by atoms with E-state index in [0.29, 0.717) is 30.7 Å². The Balaban J connectivity index is 2.14. The zero-order valence-corrected chi connectivity index (χ0v) is 11.8. The largest absolute Gasteiger partial charge is 0.481 e. The molecule has 1 aliphatic carbocycles. The topological polar surface area (TPSA) is 71.4 Å². The van der Waals surface area contributed by atoms with E-state index in [1.807, 2.05) is 0 Å². The lowest BCUT2D eigenvalue weighted by atomic mass is 9.89. The Labute approximate surface area is 117 Å². The van der Waals surface area contributed by atoms with Crippen molar-refractivity contribution in [3.8, 4) is 0 Å². The van der Waals surface area contributed by atoms with Crippen LogP contribution in [0.15, 0.2) is 29.2 Å². The molecule has 1 fully saturated rings. The number of rotatable bonds is 3. The van der Waals surface area contributed by atoms with Crippen molar-refractivity contribution >= 4 is 27.4 Å². The van der Waals surface area contributed by atoms with E-state index in [0.717, 1.165) is 0 Å². The quantitative estimate of drug-likeness (QED) is 0.932. The Hall–Kier alpha value is -1.07. The highest BCUT2D eigenvalue weighted by atomic mass is 35.5. The van der Waals surface area contributed by atoms with Gasteiger partial charge in [-0.2, -0.15) is 0 Å². The highest BCUT2D eigenvalue weighted by molar-refractivity contribution is 7.92. The van der Waals surface area contributed by atoms with Crippen molar-refractivity contribution in [2.75, 3.05) is 0 Å². The van der Waals surface area contributed by atoms with Crippen molar-refractivity contribution in [3.05, 3.63) is 29.3 Å². The summed E-state index contributed by atoms with van der Waals surface area (Å²) in [5.41, 5.74) is 0. The van der Waals surface area contributed by atoms with Crippen LogP contribution in [0.4, 0.5) is 0 Å². The van der Waals surface area contributed by atoms with Crippen molar-refractivity contribution in [2.45, 2.75) is 35.8 Å². The maximum Gasteiger partial charge on any atom is 0.306 e. The average Bonchev–Trinajstić information content (AvgIpc) is 2.39. The lowest BCUT2D eigenvalue weighted by molar-refractivity contribution is -0.142. The van der Waals surface area contributed by atoms with Gasteiger partial charge in [0.25, 0.3) is 0 Å². The first kappa shape index (κ1) is 14.3. The summed E-state index contributed by atoms with van der Waals surface area (Å²) in [6.07, 6.45) is 1.66. The van der Waals surface area contributed by atoms with Gasteiger partial charge in [-0.3, -0.25) is 4.79 Å². The Kier molecular flexibility index (Phi) is 4.16. The molecule has 1 aromatic rings. The Morgan fingerprint density at radius 1 is 1.11 bits per heavy atom. The van der Waals surface area contributed by atoms with Crippen LogP contribution in [0, 0.1) is 5.92 Å². The van der Waals surface area contributed by atoms with E-state index in [2.05, 4.69) is 0 Å². The molecule has 1 N–H and O–H groups in total. The summed E-state index contributed by atoms with van der Waals surface area (Å²) in [7, 11) is -3.38. The van der Waals surface area contributed by atoms with Crippen molar-refractivity contribution in [1.29, 1.82) is 0 Å². The van der Waals surface area contributed by atoms with Gasteiger partial charge in [-0.25, -0.2) is 8.42 Å². The van der Waals surface area contributed by atoms with E-state index in [1.54, 1.807) is 12.1 Å². The molecule has 0 heterocycles. The second-order valence-electron chi connectivity index (χ2n) is 4.81. The molecule has 0 aliphatic heterocycles. The molecule has 0 bridgehead atoms. The number of carbonyl (C=O) groups is 1. The fraction of sp³-hybridized carbons (Fsp3) is 0.462. The number of hydrogen-bond acceptors (Lipinski definition) is 3. The van der Waals surface area contributed by atoms with Crippen LogP contribution in [-0.2, 0) is 14.6 Å². The van der Waals surface area contributed by atoms with Crippen LogP contribution < -0.4 is 0 Å². The maximum atomic E-state index is 12.4. The van der Waals surface area contributed by atoms with Gasteiger partial charge in [0.1, 0.15) is 0 Å². The fourth-order valence-electron chi connectivity index (χ4n) is 2.44. The van der Waals surface area contributed by atoms with Crippen LogP contribution in [0.3, 0.4) is 0 Å². The summed E-state index contributed by atoms with van der Waals surface area (Å²) >= 11 is 5.74. The lowest BCUT2D eigenvalue weighted by Gasteiger charge is -2.25. The van der Waals surface area contributed by atoms with E-state index < -0.39 is 27.0 Å². The molecule has 4 nitrogen and oxygen atoms in total. The highest BCUT2D eigenvalue weighted by Gasteiger charge is 2.34. The van der Waals surface area contributed by atoms with Gasteiger partial charge in [-0.05, 0) is 49.9 Å². The smallest absolute Gasteiger partial charge is 0.306 e. The normalized spacial score (nSPS) is 24.1. The number of sulfone groups is 1. The number of carboxylic acid groups (broad SMARTS) is 1. The molecule has 0 saturated heterocycles. The average molecular weight is 303 g/mol. The summed E-state index contributed by atoms with van der Waals surface area (Å²) in [6, 6.07) is 6.11. The van der Waals surface area contributed by atoms with Gasteiger partial charge in [0.2, 0.25) is 0 Å². The molecule has 0 spiro atoms. The minimum absolute atomic E-state index is 0.260. The first-order valence-corrected chi connectivity index (χ1v) is 8.06. The molecule has 104 valence electrons. The van der Waals surface area contributed by atoms with Gasteiger partial charge < -0.3 is 5.11 Å². The third-order valence-electron chi connectivity index (χ3n) is 3.60. The summed E-state index contributed by atoms with van der Waals surface area (Å²) < 4.78 is 24.8. The second kappa shape index (κ2) is 5.51.